The van der Waals surface area contributed by atoms with Gasteiger partial charge in [0.2, 0.25) is 0 Å². The van der Waals surface area contributed by atoms with Crippen molar-refractivity contribution >= 4 is 11.6 Å². The lowest BCUT2D eigenvalue weighted by atomic mass is 9.88. The van der Waals surface area contributed by atoms with Crippen molar-refractivity contribution in [2.75, 3.05) is 13.1 Å². The molecule has 0 amide bonds. The van der Waals surface area contributed by atoms with E-state index in [-0.39, 0.29) is 11.6 Å². The van der Waals surface area contributed by atoms with E-state index in [0.717, 1.165) is 23.7 Å². The van der Waals surface area contributed by atoms with Gasteiger partial charge in [-0.1, -0.05) is 23.7 Å². The normalized spacial score (nSPS) is 19.5. The van der Waals surface area contributed by atoms with Crippen LogP contribution in [0.5, 0.6) is 0 Å². The second-order valence-electron chi connectivity index (χ2n) is 5.38. The summed E-state index contributed by atoms with van der Waals surface area (Å²) in [5, 5.41) is 0.759. The molecule has 1 aliphatic rings. The van der Waals surface area contributed by atoms with Crippen LogP contribution in [0.2, 0.25) is 5.02 Å². The van der Waals surface area contributed by atoms with Crippen molar-refractivity contribution in [1.82, 2.24) is 4.90 Å². The molecule has 17 heavy (non-hydrogen) atoms. The molecule has 1 heterocycles. The van der Waals surface area contributed by atoms with Gasteiger partial charge in [-0.2, -0.15) is 0 Å². The molecule has 0 radical (unpaired) electrons. The number of rotatable bonds is 3. The molecular weight excluding hydrogens is 232 g/mol. The van der Waals surface area contributed by atoms with Crippen LogP contribution in [-0.4, -0.2) is 23.5 Å². The monoisotopic (exact) mass is 252 g/mol. The van der Waals surface area contributed by atoms with Crippen LogP contribution in [0.1, 0.15) is 38.3 Å². The van der Waals surface area contributed by atoms with Gasteiger partial charge in [0.1, 0.15) is 0 Å². The van der Waals surface area contributed by atoms with E-state index in [1.165, 1.54) is 12.8 Å². The van der Waals surface area contributed by atoms with Crippen LogP contribution in [0.4, 0.5) is 0 Å². The molecule has 1 unspecified atom stereocenters. The Hall–Kier alpha value is -0.570. The highest BCUT2D eigenvalue weighted by Crippen LogP contribution is 2.32. The predicted octanol–water partition coefficient (Wildman–Crippen LogP) is 3.21. The topological polar surface area (TPSA) is 29.3 Å². The number of halogens is 1. The van der Waals surface area contributed by atoms with Crippen molar-refractivity contribution in [2.24, 2.45) is 5.73 Å². The van der Waals surface area contributed by atoms with Gasteiger partial charge in [0.25, 0.3) is 0 Å². The SMILES string of the molecule is CC(C)(C(N)c1cccc(Cl)c1)N1CCCC1. The molecule has 1 saturated heterocycles. The molecule has 2 N–H and O–H groups in total. The van der Waals surface area contributed by atoms with Crippen molar-refractivity contribution < 1.29 is 0 Å². The highest BCUT2D eigenvalue weighted by Gasteiger charge is 2.35. The lowest BCUT2D eigenvalue weighted by molar-refractivity contribution is 0.124. The molecule has 3 heteroatoms. The summed E-state index contributed by atoms with van der Waals surface area (Å²) in [5.74, 6) is 0. The maximum absolute atomic E-state index is 6.42. The Kier molecular flexibility index (Phi) is 3.76. The van der Waals surface area contributed by atoms with Gasteiger partial charge in [-0.05, 0) is 57.5 Å². The van der Waals surface area contributed by atoms with E-state index in [1.807, 2.05) is 18.2 Å². The minimum atomic E-state index is -0.0127. The summed E-state index contributed by atoms with van der Waals surface area (Å²) >= 11 is 6.03. The molecular formula is C14H21ClN2. The molecule has 1 aliphatic heterocycles. The fraction of sp³-hybridized carbons (Fsp3) is 0.571. The van der Waals surface area contributed by atoms with Crippen LogP contribution in [-0.2, 0) is 0 Å². The largest absolute Gasteiger partial charge is 0.322 e. The number of benzene rings is 1. The molecule has 0 bridgehead atoms. The predicted molar refractivity (Wildman–Crippen MR) is 73.3 cm³/mol. The molecule has 0 aliphatic carbocycles. The Morgan fingerprint density at radius 2 is 1.94 bits per heavy atom. The standard InChI is InChI=1S/C14H21ClN2/c1-14(2,17-8-3-4-9-17)13(16)11-6-5-7-12(15)10-11/h5-7,10,13H,3-4,8-9,16H2,1-2H3. The Bertz CT molecular complexity index is 384. The first-order valence-corrected chi connectivity index (χ1v) is 6.66. The Morgan fingerprint density at radius 1 is 1.29 bits per heavy atom. The van der Waals surface area contributed by atoms with E-state index in [0.29, 0.717) is 0 Å². The van der Waals surface area contributed by atoms with Gasteiger partial charge in [-0.3, -0.25) is 4.90 Å². The maximum atomic E-state index is 6.42. The van der Waals surface area contributed by atoms with Crippen LogP contribution in [0.15, 0.2) is 24.3 Å². The first kappa shape index (κ1) is 12.9. The third-order valence-electron chi connectivity index (χ3n) is 3.89. The van der Waals surface area contributed by atoms with Crippen molar-refractivity contribution in [3.05, 3.63) is 34.9 Å². The zero-order valence-electron chi connectivity index (χ0n) is 10.6. The van der Waals surface area contributed by atoms with Crippen LogP contribution >= 0.6 is 11.6 Å². The molecule has 0 saturated carbocycles. The molecule has 0 spiro atoms. The lowest BCUT2D eigenvalue weighted by Crippen LogP contribution is -2.49. The van der Waals surface area contributed by atoms with Crippen LogP contribution in [0, 0.1) is 0 Å². The summed E-state index contributed by atoms with van der Waals surface area (Å²) in [7, 11) is 0. The number of nitrogens with two attached hydrogens (primary N) is 1. The summed E-state index contributed by atoms with van der Waals surface area (Å²) in [4.78, 5) is 2.48. The van der Waals surface area contributed by atoms with Crippen LogP contribution in [0.25, 0.3) is 0 Å². The average molecular weight is 253 g/mol. The van der Waals surface area contributed by atoms with Crippen LogP contribution in [0.3, 0.4) is 0 Å². The number of hydrogen-bond donors (Lipinski definition) is 1. The van der Waals surface area contributed by atoms with Gasteiger partial charge < -0.3 is 5.73 Å². The molecule has 1 aromatic rings. The fourth-order valence-electron chi connectivity index (χ4n) is 2.60. The second-order valence-corrected chi connectivity index (χ2v) is 5.82. The average Bonchev–Trinajstić information content (AvgIpc) is 2.82. The van der Waals surface area contributed by atoms with Gasteiger partial charge in [0.15, 0.2) is 0 Å². The van der Waals surface area contributed by atoms with E-state index >= 15 is 0 Å². The van der Waals surface area contributed by atoms with Crippen molar-refractivity contribution in [3.63, 3.8) is 0 Å². The molecule has 2 nitrogen and oxygen atoms in total. The maximum Gasteiger partial charge on any atom is 0.0477 e. The van der Waals surface area contributed by atoms with Crippen molar-refractivity contribution in [3.8, 4) is 0 Å². The van der Waals surface area contributed by atoms with E-state index in [4.69, 9.17) is 17.3 Å². The Morgan fingerprint density at radius 3 is 2.53 bits per heavy atom. The highest BCUT2D eigenvalue weighted by atomic mass is 35.5. The van der Waals surface area contributed by atoms with Crippen molar-refractivity contribution in [1.29, 1.82) is 0 Å². The van der Waals surface area contributed by atoms with Gasteiger partial charge in [0, 0.05) is 16.6 Å². The lowest BCUT2D eigenvalue weighted by Gasteiger charge is -2.40. The zero-order chi connectivity index (χ0) is 12.5. The van der Waals surface area contributed by atoms with E-state index in [9.17, 15) is 0 Å². The second kappa shape index (κ2) is 4.97. The Labute approximate surface area is 109 Å². The summed E-state index contributed by atoms with van der Waals surface area (Å²) in [6.45, 7) is 6.76. The molecule has 1 atom stereocenters. The minimum Gasteiger partial charge on any atom is -0.322 e. The first-order valence-electron chi connectivity index (χ1n) is 6.28. The molecule has 1 aromatic carbocycles. The smallest absolute Gasteiger partial charge is 0.0477 e. The van der Waals surface area contributed by atoms with Gasteiger partial charge in [-0.15, -0.1) is 0 Å². The minimum absolute atomic E-state index is 0.000648. The quantitative estimate of drug-likeness (QED) is 0.895. The van der Waals surface area contributed by atoms with E-state index in [1.54, 1.807) is 0 Å². The van der Waals surface area contributed by atoms with E-state index < -0.39 is 0 Å². The summed E-state index contributed by atoms with van der Waals surface area (Å²) in [5.41, 5.74) is 7.53. The summed E-state index contributed by atoms with van der Waals surface area (Å²) in [6, 6.07) is 7.90. The van der Waals surface area contributed by atoms with Crippen molar-refractivity contribution in [2.45, 2.75) is 38.3 Å². The number of nitrogens with zero attached hydrogens (tertiary/aromatic N) is 1. The summed E-state index contributed by atoms with van der Waals surface area (Å²) < 4.78 is 0. The van der Waals surface area contributed by atoms with Gasteiger partial charge in [-0.25, -0.2) is 0 Å². The fourth-order valence-corrected chi connectivity index (χ4v) is 2.80. The molecule has 2 rings (SSSR count). The first-order chi connectivity index (χ1) is 8.01. The highest BCUT2D eigenvalue weighted by molar-refractivity contribution is 6.30. The zero-order valence-corrected chi connectivity index (χ0v) is 11.4. The number of likely N-dealkylation sites (tertiary alicyclic amines) is 1. The third kappa shape index (κ3) is 2.65. The van der Waals surface area contributed by atoms with Gasteiger partial charge in [0.05, 0.1) is 0 Å². The Balaban J connectivity index is 2.20. The van der Waals surface area contributed by atoms with Crippen LogP contribution < -0.4 is 5.73 Å². The molecule has 0 aromatic heterocycles. The van der Waals surface area contributed by atoms with E-state index in [2.05, 4.69) is 24.8 Å². The molecule has 1 fully saturated rings. The summed E-state index contributed by atoms with van der Waals surface area (Å²) in [6.07, 6.45) is 2.57. The molecule has 94 valence electrons. The number of hydrogen-bond acceptors (Lipinski definition) is 2. The third-order valence-corrected chi connectivity index (χ3v) is 4.13. The van der Waals surface area contributed by atoms with Gasteiger partial charge >= 0.3 is 0 Å².